The molecule has 8 aromatic rings. The number of pyridine rings is 2. The van der Waals surface area contributed by atoms with Crippen molar-refractivity contribution < 1.29 is 38.2 Å². The minimum Gasteiger partial charge on any atom is -0.494 e. The van der Waals surface area contributed by atoms with Crippen molar-refractivity contribution in [3.8, 4) is 35.3 Å². The zero-order chi connectivity index (χ0) is 56.6. The van der Waals surface area contributed by atoms with Crippen LogP contribution in [0.1, 0.15) is 82.0 Å². The number of rotatable bonds is 19. The molecule has 0 atom stereocenters. The summed E-state index contributed by atoms with van der Waals surface area (Å²) in [4.78, 5) is 107. The number of fused-ring (bicyclic) bond motifs is 2. The van der Waals surface area contributed by atoms with Crippen molar-refractivity contribution >= 4 is 68.0 Å². The summed E-state index contributed by atoms with van der Waals surface area (Å²) in [6.07, 6.45) is 10.2. The highest BCUT2D eigenvalue weighted by Crippen LogP contribution is 2.35. The number of carbonyl (C=O) groups is 6. The van der Waals surface area contributed by atoms with Gasteiger partial charge in [0.05, 0.1) is 102 Å². The van der Waals surface area contributed by atoms with E-state index in [1.165, 1.54) is 70.8 Å². The minimum atomic E-state index is -0.738. The second-order valence-electron chi connectivity index (χ2n) is 19.0. The maximum absolute atomic E-state index is 13.8. The van der Waals surface area contributed by atoms with E-state index in [0.717, 1.165) is 22.3 Å². The molecule has 2 aromatic carbocycles. The summed E-state index contributed by atoms with van der Waals surface area (Å²) < 4.78 is 13.9. The van der Waals surface area contributed by atoms with Crippen LogP contribution in [0.4, 0.5) is 0 Å². The summed E-state index contributed by atoms with van der Waals surface area (Å²) in [5.74, 6) is -1.86. The van der Waals surface area contributed by atoms with Gasteiger partial charge < -0.3 is 39.9 Å². The van der Waals surface area contributed by atoms with Crippen molar-refractivity contribution in [2.75, 3.05) is 46.9 Å². The molecule has 408 valence electrons. The summed E-state index contributed by atoms with van der Waals surface area (Å²) in [6, 6.07) is 23.3. The van der Waals surface area contributed by atoms with Crippen molar-refractivity contribution in [3.63, 3.8) is 0 Å². The molecule has 8 heterocycles. The van der Waals surface area contributed by atoms with Gasteiger partial charge in [0.1, 0.15) is 29.9 Å². The summed E-state index contributed by atoms with van der Waals surface area (Å²) in [6.45, 7) is 1.08. The first-order valence-corrected chi connectivity index (χ1v) is 25.9. The first kappa shape index (κ1) is 53.9. The van der Waals surface area contributed by atoms with Crippen LogP contribution in [-0.4, -0.2) is 141 Å². The van der Waals surface area contributed by atoms with Gasteiger partial charge in [-0.15, -0.1) is 10.2 Å². The fourth-order valence-corrected chi connectivity index (χ4v) is 9.99. The lowest BCUT2D eigenvalue weighted by Gasteiger charge is -2.28. The number of carbonyl (C=O) groups excluding carboxylic acids is 6. The summed E-state index contributed by atoms with van der Waals surface area (Å²) in [5, 5.41) is 35.2. The molecule has 3 amide bonds. The Labute approximate surface area is 462 Å². The third-order valence-corrected chi connectivity index (χ3v) is 14.2. The first-order chi connectivity index (χ1) is 39.5. The number of ketones is 3. The first-order valence-electron chi connectivity index (χ1n) is 25.9. The number of nitrogens with zero attached hydrogens (tertiary/aromatic N) is 12. The number of hydrogen-bond donors (Lipinski definition) is 4. The molecule has 0 aliphatic carbocycles. The van der Waals surface area contributed by atoms with Crippen LogP contribution in [0.3, 0.4) is 0 Å². The number of aromatic amines is 2. The van der Waals surface area contributed by atoms with Crippen molar-refractivity contribution in [3.05, 3.63) is 143 Å². The molecule has 2 aliphatic rings. The Balaban J connectivity index is 0.695. The van der Waals surface area contributed by atoms with Gasteiger partial charge in [0.2, 0.25) is 5.91 Å². The molecule has 24 nitrogen and oxygen atoms in total. The Hall–Kier alpha value is -10.5. The third kappa shape index (κ3) is 11.3. The maximum atomic E-state index is 13.8. The lowest BCUT2D eigenvalue weighted by Crippen LogP contribution is -2.40. The van der Waals surface area contributed by atoms with Gasteiger partial charge in [0.25, 0.3) is 23.4 Å². The number of allylic oxidation sites excluding steroid dienone is 2. The lowest BCUT2D eigenvalue weighted by molar-refractivity contribution is -0.127. The van der Waals surface area contributed by atoms with Crippen LogP contribution in [0.25, 0.3) is 44.6 Å². The highest BCUT2D eigenvalue weighted by Gasteiger charge is 2.33. The quantitative estimate of drug-likeness (QED) is 0.0473. The van der Waals surface area contributed by atoms with Crippen molar-refractivity contribution in [2.24, 2.45) is 0 Å². The molecular weight excluding hydrogens is 1040 g/mol. The maximum Gasteiger partial charge on any atom is 0.295 e. The number of ether oxygens (including phenoxy) is 2. The Morgan fingerprint density at radius 1 is 0.605 bits per heavy atom. The molecule has 81 heavy (non-hydrogen) atoms. The zero-order valence-electron chi connectivity index (χ0n) is 44.1. The Kier molecular flexibility index (Phi) is 16.0. The van der Waals surface area contributed by atoms with E-state index in [2.05, 4.69) is 62.9 Å². The van der Waals surface area contributed by atoms with Crippen LogP contribution in [0, 0.1) is 22.7 Å². The normalized spacial score (nSPS) is 13.4. The molecular formula is C57H52N16O8. The number of piperidine rings is 2. The van der Waals surface area contributed by atoms with Gasteiger partial charge >= 0.3 is 0 Å². The average Bonchev–Trinajstić information content (AvgIpc) is 4.57. The van der Waals surface area contributed by atoms with Gasteiger partial charge in [-0.25, -0.2) is 29.3 Å². The monoisotopic (exact) mass is 1090 g/mol. The average molecular weight is 1090 g/mol. The SMILES string of the molecule is COc1cnc(-n2cnc(CNCC(=O)CCC(=O)NCc3ncn(-c4ncc(OC)c5c(C(=O)C(=O)N6CCC(=C(C#N)c7ccccc7)CC6)c[nH]c45)n3)n2)c2[nH]cc(C(=O)C(=O)N3CCC(=C(C#N)c4ccccc4)CC3)c12. The number of hydrogen-bond acceptors (Lipinski definition) is 17. The largest absolute Gasteiger partial charge is 0.494 e. The Morgan fingerprint density at radius 3 is 1.48 bits per heavy atom. The van der Waals surface area contributed by atoms with E-state index in [9.17, 15) is 39.3 Å². The minimum absolute atomic E-state index is 0.0602. The van der Waals surface area contributed by atoms with Crippen LogP contribution in [-0.2, 0) is 32.3 Å². The van der Waals surface area contributed by atoms with Gasteiger partial charge in [0.15, 0.2) is 23.3 Å². The van der Waals surface area contributed by atoms with E-state index in [1.807, 2.05) is 60.7 Å². The zero-order valence-corrected chi connectivity index (χ0v) is 44.1. The van der Waals surface area contributed by atoms with E-state index in [-0.39, 0.29) is 105 Å². The van der Waals surface area contributed by atoms with Gasteiger partial charge in [-0.05, 0) is 48.0 Å². The molecule has 0 saturated carbocycles. The number of methoxy groups -OCH3 is 2. The second-order valence-corrected chi connectivity index (χ2v) is 19.0. The van der Waals surface area contributed by atoms with Crippen LogP contribution < -0.4 is 20.1 Å². The molecule has 0 spiro atoms. The van der Waals surface area contributed by atoms with Crippen molar-refractivity contribution in [1.82, 2.24) is 69.9 Å². The molecule has 0 unspecified atom stereocenters. The molecule has 0 radical (unpaired) electrons. The van der Waals surface area contributed by atoms with Gasteiger partial charge in [-0.2, -0.15) is 10.5 Å². The molecule has 4 N–H and O–H groups in total. The van der Waals surface area contributed by atoms with E-state index in [4.69, 9.17) is 9.47 Å². The second kappa shape index (κ2) is 24.1. The number of likely N-dealkylation sites (tertiary alicyclic amines) is 2. The van der Waals surface area contributed by atoms with E-state index in [1.54, 1.807) is 0 Å². The van der Waals surface area contributed by atoms with Crippen LogP contribution in [0.2, 0.25) is 0 Å². The molecule has 0 bridgehead atoms. The summed E-state index contributed by atoms with van der Waals surface area (Å²) in [5.41, 5.74) is 5.59. The number of H-pyrrole nitrogens is 2. The van der Waals surface area contributed by atoms with Crippen LogP contribution in [0.5, 0.6) is 11.5 Å². The number of amides is 3. The van der Waals surface area contributed by atoms with E-state index in [0.29, 0.717) is 64.5 Å². The molecule has 6 aromatic heterocycles. The molecule has 2 saturated heterocycles. The number of benzene rings is 2. The van der Waals surface area contributed by atoms with Gasteiger partial charge in [0, 0.05) is 51.4 Å². The molecule has 2 aliphatic heterocycles. The van der Waals surface area contributed by atoms with Crippen LogP contribution in [0.15, 0.2) is 109 Å². The number of Topliss-reactive ketones (excluding diaryl/α,β-unsaturated/α-hetero) is 3. The summed E-state index contributed by atoms with van der Waals surface area (Å²) >= 11 is 0. The highest BCUT2D eigenvalue weighted by atomic mass is 16.5. The fraction of sp³-hybridized carbons (Fsp3) is 0.263. The molecule has 10 rings (SSSR count). The van der Waals surface area contributed by atoms with Gasteiger partial charge in [-0.3, -0.25) is 28.8 Å². The predicted molar refractivity (Wildman–Crippen MR) is 291 cm³/mol. The van der Waals surface area contributed by atoms with Crippen LogP contribution >= 0.6 is 0 Å². The topological polar surface area (TPSA) is 318 Å². The predicted octanol–water partition coefficient (Wildman–Crippen LogP) is 4.94. The van der Waals surface area contributed by atoms with Crippen molar-refractivity contribution in [2.45, 2.75) is 51.6 Å². The number of nitrogens with one attached hydrogen (secondary N) is 4. The summed E-state index contributed by atoms with van der Waals surface area (Å²) in [7, 11) is 2.86. The van der Waals surface area contributed by atoms with E-state index < -0.39 is 29.3 Å². The standard InChI is InChI=1S/C57H52N16O8/c1-80-43-28-64-54(50-48(43)41(26-62-50)52(76)56(78)70-19-15-36(16-20-70)39(23-58)34-9-5-3-6-10-34)72-32-66-45(68-72)30-60-25-38(74)13-14-47(75)61-31-46-67-33-73(69-46)55-51-49(44(81-2)29-65-55)42(27-63-51)53(77)57(79)71-21-17-37(18-22-71)40(24-59)35-11-7-4-8-12-35/h3-12,26-29,32-33,60,62-63H,13-22,25,30-31H2,1-2H3,(H,61,75). The lowest BCUT2D eigenvalue weighted by atomic mass is 9.93. The Morgan fingerprint density at radius 2 is 1.05 bits per heavy atom. The molecule has 2 fully saturated rings. The number of aromatic nitrogens is 10. The smallest absolute Gasteiger partial charge is 0.295 e. The van der Waals surface area contributed by atoms with E-state index >= 15 is 0 Å². The fourth-order valence-electron chi connectivity index (χ4n) is 9.99. The third-order valence-electron chi connectivity index (χ3n) is 14.2. The van der Waals surface area contributed by atoms with Crippen molar-refractivity contribution in [1.29, 1.82) is 10.5 Å². The Bertz CT molecular complexity index is 3900. The molecule has 24 heteroatoms. The van der Waals surface area contributed by atoms with Gasteiger partial charge in [-0.1, -0.05) is 60.7 Å². The highest BCUT2D eigenvalue weighted by molar-refractivity contribution is 6.46. The number of nitriles is 2.